The molecule has 0 N–H and O–H groups in total. The Morgan fingerprint density at radius 1 is 1.16 bits per heavy atom. The minimum absolute atomic E-state index is 0.267. The van der Waals surface area contributed by atoms with E-state index in [1.807, 2.05) is 33.7 Å². The van der Waals surface area contributed by atoms with E-state index >= 15 is 0 Å². The zero-order valence-electron chi connectivity index (χ0n) is 14.1. The SMILES string of the molecule is CCOC(=O)C=CN1Cc2nc(C(=O)OCC)cn2-c2ccccc21. The van der Waals surface area contributed by atoms with Gasteiger partial charge in [-0.2, -0.15) is 0 Å². The third kappa shape index (κ3) is 3.40. The number of benzene rings is 1. The lowest BCUT2D eigenvalue weighted by molar-refractivity contribution is -0.137. The number of aromatic nitrogens is 2. The van der Waals surface area contributed by atoms with Gasteiger partial charge in [0, 0.05) is 18.5 Å². The Morgan fingerprint density at radius 3 is 2.60 bits per heavy atom. The summed E-state index contributed by atoms with van der Waals surface area (Å²) in [6.07, 6.45) is 4.72. The summed E-state index contributed by atoms with van der Waals surface area (Å²) in [7, 11) is 0. The molecule has 130 valence electrons. The minimum atomic E-state index is -0.449. The highest BCUT2D eigenvalue weighted by Crippen LogP contribution is 2.32. The number of imidazole rings is 1. The Balaban J connectivity index is 1.95. The van der Waals surface area contributed by atoms with Crippen molar-refractivity contribution in [2.75, 3.05) is 18.1 Å². The maximum Gasteiger partial charge on any atom is 0.358 e. The van der Waals surface area contributed by atoms with Gasteiger partial charge < -0.3 is 14.4 Å². The first-order valence-electron chi connectivity index (χ1n) is 8.10. The number of hydrogen-bond donors (Lipinski definition) is 0. The van der Waals surface area contributed by atoms with E-state index in [9.17, 15) is 9.59 Å². The molecule has 0 fully saturated rings. The van der Waals surface area contributed by atoms with E-state index in [1.165, 1.54) is 6.08 Å². The number of rotatable bonds is 5. The van der Waals surface area contributed by atoms with Gasteiger partial charge in [0.05, 0.1) is 31.1 Å². The van der Waals surface area contributed by atoms with Gasteiger partial charge in [-0.05, 0) is 26.0 Å². The van der Waals surface area contributed by atoms with Gasteiger partial charge in [-0.25, -0.2) is 14.6 Å². The molecule has 1 aromatic carbocycles. The van der Waals surface area contributed by atoms with Crippen molar-refractivity contribution in [3.05, 3.63) is 54.3 Å². The van der Waals surface area contributed by atoms with Gasteiger partial charge in [-0.1, -0.05) is 12.1 Å². The second-order valence-corrected chi connectivity index (χ2v) is 5.32. The van der Waals surface area contributed by atoms with Crippen LogP contribution in [0.25, 0.3) is 5.69 Å². The number of nitrogens with zero attached hydrogens (tertiary/aromatic N) is 3. The van der Waals surface area contributed by atoms with E-state index in [2.05, 4.69) is 4.98 Å². The van der Waals surface area contributed by atoms with Crippen LogP contribution in [0.1, 0.15) is 30.2 Å². The number of para-hydroxylation sites is 2. The Bertz CT molecular complexity index is 825. The number of ether oxygens (including phenoxy) is 2. The van der Waals surface area contributed by atoms with Crippen LogP contribution in [0, 0.1) is 0 Å². The first kappa shape index (κ1) is 16.8. The molecular weight excluding hydrogens is 322 g/mol. The monoisotopic (exact) mass is 341 g/mol. The van der Waals surface area contributed by atoms with Crippen molar-refractivity contribution in [3.8, 4) is 5.69 Å². The number of fused-ring (bicyclic) bond motifs is 3. The summed E-state index contributed by atoms with van der Waals surface area (Å²) >= 11 is 0. The first-order chi connectivity index (χ1) is 12.1. The van der Waals surface area contributed by atoms with Crippen molar-refractivity contribution in [2.45, 2.75) is 20.4 Å². The molecular formula is C18H19N3O4. The summed E-state index contributed by atoms with van der Waals surface area (Å²) < 4.78 is 11.8. The number of carbonyl (C=O) groups excluding carboxylic acids is 2. The summed E-state index contributed by atoms with van der Waals surface area (Å²) in [4.78, 5) is 29.8. The van der Waals surface area contributed by atoms with E-state index in [1.54, 1.807) is 26.2 Å². The van der Waals surface area contributed by atoms with Crippen LogP contribution in [0.15, 0.2) is 42.7 Å². The molecule has 0 saturated heterocycles. The Morgan fingerprint density at radius 2 is 1.88 bits per heavy atom. The zero-order chi connectivity index (χ0) is 17.8. The molecule has 0 atom stereocenters. The van der Waals surface area contributed by atoms with Crippen LogP contribution in [0.5, 0.6) is 0 Å². The normalized spacial score (nSPS) is 12.6. The third-order valence-corrected chi connectivity index (χ3v) is 3.70. The Hall–Kier alpha value is -3.09. The summed E-state index contributed by atoms with van der Waals surface area (Å²) in [5, 5.41) is 0. The van der Waals surface area contributed by atoms with Crippen molar-refractivity contribution in [3.63, 3.8) is 0 Å². The standard InChI is InChI=1S/C18H19N3O4/c1-3-24-17(22)9-10-20-12-16-19-13(18(23)25-4-2)11-21(16)15-8-6-5-7-14(15)20/h5-11H,3-4,12H2,1-2H3. The molecule has 1 aliphatic rings. The second-order valence-electron chi connectivity index (χ2n) is 5.32. The predicted octanol–water partition coefficient (Wildman–Crippen LogP) is 2.45. The number of anilines is 1. The topological polar surface area (TPSA) is 73.7 Å². The first-order valence-corrected chi connectivity index (χ1v) is 8.10. The van der Waals surface area contributed by atoms with Crippen LogP contribution in [-0.4, -0.2) is 34.7 Å². The Labute approximate surface area is 145 Å². The molecule has 7 heteroatoms. The summed E-state index contributed by atoms with van der Waals surface area (Å²) in [6, 6.07) is 7.70. The fourth-order valence-corrected chi connectivity index (χ4v) is 2.66. The minimum Gasteiger partial charge on any atom is -0.463 e. The molecule has 0 amide bonds. The molecule has 2 aromatic rings. The van der Waals surface area contributed by atoms with E-state index in [0.717, 1.165) is 11.4 Å². The van der Waals surface area contributed by atoms with Gasteiger partial charge in [0.15, 0.2) is 5.69 Å². The average molecular weight is 341 g/mol. The second kappa shape index (κ2) is 7.21. The van der Waals surface area contributed by atoms with E-state index in [4.69, 9.17) is 9.47 Å². The quantitative estimate of drug-likeness (QED) is 0.614. The van der Waals surface area contributed by atoms with E-state index < -0.39 is 11.9 Å². The predicted molar refractivity (Wildman–Crippen MR) is 91.5 cm³/mol. The highest BCUT2D eigenvalue weighted by atomic mass is 16.5. The molecule has 0 spiro atoms. The number of hydrogen-bond acceptors (Lipinski definition) is 6. The van der Waals surface area contributed by atoms with E-state index in [0.29, 0.717) is 25.6 Å². The van der Waals surface area contributed by atoms with Gasteiger partial charge in [0.25, 0.3) is 0 Å². The van der Waals surface area contributed by atoms with Crippen LogP contribution in [-0.2, 0) is 20.8 Å². The van der Waals surface area contributed by atoms with Gasteiger partial charge in [0.2, 0.25) is 0 Å². The summed E-state index contributed by atoms with van der Waals surface area (Å²) in [5.74, 6) is -0.160. The Kier molecular flexibility index (Phi) is 4.83. The fraction of sp³-hybridized carbons (Fsp3) is 0.278. The third-order valence-electron chi connectivity index (χ3n) is 3.70. The maximum atomic E-state index is 12.0. The van der Waals surface area contributed by atoms with Crippen molar-refractivity contribution in [1.29, 1.82) is 0 Å². The van der Waals surface area contributed by atoms with Crippen LogP contribution < -0.4 is 4.90 Å². The molecule has 0 bridgehead atoms. The van der Waals surface area contributed by atoms with Crippen molar-refractivity contribution < 1.29 is 19.1 Å². The van der Waals surface area contributed by atoms with Crippen LogP contribution in [0.3, 0.4) is 0 Å². The highest BCUT2D eigenvalue weighted by Gasteiger charge is 2.24. The highest BCUT2D eigenvalue weighted by molar-refractivity contribution is 5.87. The largest absolute Gasteiger partial charge is 0.463 e. The lowest BCUT2D eigenvalue weighted by Crippen LogP contribution is -2.25. The molecule has 1 aromatic heterocycles. The van der Waals surface area contributed by atoms with Crippen LogP contribution in [0.2, 0.25) is 0 Å². The van der Waals surface area contributed by atoms with Gasteiger partial charge >= 0.3 is 11.9 Å². The van der Waals surface area contributed by atoms with Crippen LogP contribution >= 0.6 is 0 Å². The molecule has 2 heterocycles. The molecule has 3 rings (SSSR count). The lowest BCUT2D eigenvalue weighted by Gasteiger charge is -2.28. The van der Waals surface area contributed by atoms with Gasteiger partial charge in [-0.3, -0.25) is 4.57 Å². The molecule has 0 saturated carbocycles. The maximum absolute atomic E-state index is 12.0. The van der Waals surface area contributed by atoms with Gasteiger partial charge in [-0.15, -0.1) is 0 Å². The zero-order valence-corrected chi connectivity index (χ0v) is 14.1. The molecule has 7 nitrogen and oxygen atoms in total. The van der Waals surface area contributed by atoms with Crippen LogP contribution in [0.4, 0.5) is 5.69 Å². The number of carbonyl (C=O) groups is 2. The molecule has 1 aliphatic heterocycles. The number of esters is 2. The molecule has 0 aliphatic carbocycles. The summed E-state index contributed by atoms with van der Waals surface area (Å²) in [6.45, 7) is 4.56. The van der Waals surface area contributed by atoms with Crippen molar-refractivity contribution >= 4 is 17.6 Å². The van der Waals surface area contributed by atoms with Crippen molar-refractivity contribution in [1.82, 2.24) is 9.55 Å². The lowest BCUT2D eigenvalue weighted by atomic mass is 10.2. The van der Waals surface area contributed by atoms with E-state index in [-0.39, 0.29) is 5.69 Å². The summed E-state index contributed by atoms with van der Waals surface area (Å²) in [5.41, 5.74) is 2.05. The van der Waals surface area contributed by atoms with Crippen molar-refractivity contribution in [2.24, 2.45) is 0 Å². The van der Waals surface area contributed by atoms with Gasteiger partial charge in [0.1, 0.15) is 5.82 Å². The molecule has 25 heavy (non-hydrogen) atoms. The fourth-order valence-electron chi connectivity index (χ4n) is 2.66. The molecule has 0 radical (unpaired) electrons. The smallest absolute Gasteiger partial charge is 0.358 e. The average Bonchev–Trinajstić information content (AvgIpc) is 3.04. The molecule has 0 unspecified atom stereocenters.